The molecule has 16 heavy (non-hydrogen) atoms. The van der Waals surface area contributed by atoms with Gasteiger partial charge in [-0.25, -0.2) is 0 Å². The number of carbonyl (C=O) groups excluding carboxylic acids is 1. The van der Waals surface area contributed by atoms with Gasteiger partial charge in [-0.05, 0) is 44.1 Å². The van der Waals surface area contributed by atoms with Crippen molar-refractivity contribution < 1.29 is 4.79 Å². The molecule has 0 bridgehead atoms. The Hall–Kier alpha value is -0.570. The first-order valence-corrected chi connectivity index (χ1v) is 6.79. The average Bonchev–Trinajstić information content (AvgIpc) is 2.24. The van der Waals surface area contributed by atoms with E-state index in [1.165, 1.54) is 38.5 Å². The summed E-state index contributed by atoms with van der Waals surface area (Å²) in [5, 5.41) is 3.20. The molecule has 2 fully saturated rings. The van der Waals surface area contributed by atoms with Gasteiger partial charge in [-0.1, -0.05) is 19.3 Å². The van der Waals surface area contributed by atoms with Gasteiger partial charge in [0, 0.05) is 12.5 Å². The van der Waals surface area contributed by atoms with E-state index in [-0.39, 0.29) is 5.91 Å². The van der Waals surface area contributed by atoms with Crippen molar-refractivity contribution in [3.8, 4) is 0 Å². The number of carbonyl (C=O) groups is 1. The fourth-order valence-electron chi connectivity index (χ4n) is 2.90. The lowest BCUT2D eigenvalue weighted by atomic mass is 9.81. The first-order valence-electron chi connectivity index (χ1n) is 6.79. The molecule has 0 aromatic heterocycles. The third-order valence-corrected chi connectivity index (χ3v) is 4.26. The van der Waals surface area contributed by atoms with Crippen molar-refractivity contribution in [2.24, 2.45) is 17.6 Å². The Balaban J connectivity index is 1.75. The van der Waals surface area contributed by atoms with Gasteiger partial charge in [0.15, 0.2) is 0 Å². The summed E-state index contributed by atoms with van der Waals surface area (Å²) in [6.45, 7) is 0.717. The molecule has 2 saturated carbocycles. The summed E-state index contributed by atoms with van der Waals surface area (Å²) in [5.41, 5.74) is 5.76. The molecular weight excluding hydrogens is 200 g/mol. The van der Waals surface area contributed by atoms with E-state index in [0.29, 0.717) is 24.4 Å². The lowest BCUT2D eigenvalue weighted by molar-refractivity contribution is -0.123. The van der Waals surface area contributed by atoms with Crippen LogP contribution in [0.5, 0.6) is 0 Å². The van der Waals surface area contributed by atoms with Crippen LogP contribution >= 0.6 is 0 Å². The van der Waals surface area contributed by atoms with E-state index in [0.717, 1.165) is 12.8 Å². The predicted molar refractivity (Wildman–Crippen MR) is 64.9 cm³/mol. The quantitative estimate of drug-likeness (QED) is 0.765. The van der Waals surface area contributed by atoms with E-state index in [9.17, 15) is 4.79 Å². The maximum atomic E-state index is 11.8. The van der Waals surface area contributed by atoms with Crippen molar-refractivity contribution in [2.75, 3.05) is 6.54 Å². The SMILES string of the molecule is NCC1CCCCC1NC(=O)CC1CCC1. The lowest BCUT2D eigenvalue weighted by Gasteiger charge is -2.32. The van der Waals surface area contributed by atoms with Crippen LogP contribution in [0.2, 0.25) is 0 Å². The molecule has 2 rings (SSSR count). The van der Waals surface area contributed by atoms with Gasteiger partial charge >= 0.3 is 0 Å². The first kappa shape index (κ1) is 11.9. The van der Waals surface area contributed by atoms with Gasteiger partial charge in [0.2, 0.25) is 5.91 Å². The third kappa shape index (κ3) is 2.97. The predicted octanol–water partition coefficient (Wildman–Crippen LogP) is 1.81. The number of amides is 1. The minimum atomic E-state index is 0.259. The van der Waals surface area contributed by atoms with Crippen molar-refractivity contribution in [3.05, 3.63) is 0 Å². The van der Waals surface area contributed by atoms with Crippen LogP contribution in [0, 0.1) is 11.8 Å². The van der Waals surface area contributed by atoms with Gasteiger partial charge in [0.1, 0.15) is 0 Å². The van der Waals surface area contributed by atoms with E-state index < -0.39 is 0 Å². The molecule has 2 aliphatic carbocycles. The maximum absolute atomic E-state index is 11.8. The maximum Gasteiger partial charge on any atom is 0.220 e. The fourth-order valence-corrected chi connectivity index (χ4v) is 2.90. The van der Waals surface area contributed by atoms with E-state index >= 15 is 0 Å². The second-order valence-corrected chi connectivity index (χ2v) is 5.46. The second kappa shape index (κ2) is 5.67. The van der Waals surface area contributed by atoms with Gasteiger partial charge in [-0.3, -0.25) is 4.79 Å². The molecule has 2 atom stereocenters. The van der Waals surface area contributed by atoms with Crippen molar-refractivity contribution in [1.29, 1.82) is 0 Å². The van der Waals surface area contributed by atoms with Crippen molar-refractivity contribution >= 4 is 5.91 Å². The Morgan fingerprint density at radius 3 is 2.50 bits per heavy atom. The van der Waals surface area contributed by atoms with Crippen LogP contribution in [-0.2, 0) is 4.79 Å². The molecule has 3 N–H and O–H groups in total. The van der Waals surface area contributed by atoms with Gasteiger partial charge in [-0.2, -0.15) is 0 Å². The van der Waals surface area contributed by atoms with Crippen molar-refractivity contribution in [2.45, 2.75) is 57.4 Å². The Labute approximate surface area is 98.2 Å². The molecule has 1 amide bonds. The smallest absolute Gasteiger partial charge is 0.220 e. The molecule has 0 radical (unpaired) electrons. The molecule has 0 aromatic carbocycles. The number of hydrogen-bond acceptors (Lipinski definition) is 2. The second-order valence-electron chi connectivity index (χ2n) is 5.46. The Bertz CT molecular complexity index is 238. The summed E-state index contributed by atoms with van der Waals surface area (Å²) >= 11 is 0. The number of nitrogens with one attached hydrogen (secondary N) is 1. The summed E-state index contributed by atoms with van der Waals surface area (Å²) < 4.78 is 0. The molecular formula is C13H24N2O. The summed E-state index contributed by atoms with van der Waals surface area (Å²) in [4.78, 5) is 11.8. The minimum Gasteiger partial charge on any atom is -0.353 e. The van der Waals surface area contributed by atoms with E-state index in [4.69, 9.17) is 5.73 Å². The van der Waals surface area contributed by atoms with Crippen LogP contribution in [0.25, 0.3) is 0 Å². The van der Waals surface area contributed by atoms with Crippen LogP contribution in [0.3, 0.4) is 0 Å². The van der Waals surface area contributed by atoms with Crippen LogP contribution in [0.15, 0.2) is 0 Å². The van der Waals surface area contributed by atoms with Crippen LogP contribution in [0.1, 0.15) is 51.4 Å². The molecule has 0 aromatic rings. The zero-order valence-electron chi connectivity index (χ0n) is 10.1. The minimum absolute atomic E-state index is 0.259. The highest BCUT2D eigenvalue weighted by Gasteiger charge is 2.27. The lowest BCUT2D eigenvalue weighted by Crippen LogP contribution is -2.45. The normalized spacial score (nSPS) is 30.8. The molecule has 0 saturated heterocycles. The molecule has 3 nitrogen and oxygen atoms in total. The van der Waals surface area contributed by atoms with E-state index in [1.807, 2.05) is 0 Å². The summed E-state index contributed by atoms with van der Waals surface area (Å²) in [6.07, 6.45) is 9.38. The first-order chi connectivity index (χ1) is 7.79. The Morgan fingerprint density at radius 2 is 1.88 bits per heavy atom. The fraction of sp³-hybridized carbons (Fsp3) is 0.923. The molecule has 0 spiro atoms. The van der Waals surface area contributed by atoms with Crippen molar-refractivity contribution in [1.82, 2.24) is 5.32 Å². The topological polar surface area (TPSA) is 55.1 Å². The number of hydrogen-bond donors (Lipinski definition) is 2. The van der Waals surface area contributed by atoms with E-state index in [1.54, 1.807) is 0 Å². The Kier molecular flexibility index (Phi) is 4.22. The average molecular weight is 224 g/mol. The zero-order valence-corrected chi connectivity index (χ0v) is 10.1. The molecule has 0 aliphatic heterocycles. The summed E-state index contributed by atoms with van der Waals surface area (Å²) in [5.74, 6) is 1.44. The van der Waals surface area contributed by atoms with Gasteiger partial charge < -0.3 is 11.1 Å². The van der Waals surface area contributed by atoms with Crippen LogP contribution < -0.4 is 11.1 Å². The Morgan fingerprint density at radius 1 is 1.12 bits per heavy atom. The molecule has 0 heterocycles. The van der Waals surface area contributed by atoms with Gasteiger partial charge in [-0.15, -0.1) is 0 Å². The highest BCUT2D eigenvalue weighted by atomic mass is 16.1. The van der Waals surface area contributed by atoms with E-state index in [2.05, 4.69) is 5.32 Å². The third-order valence-electron chi connectivity index (χ3n) is 4.26. The summed E-state index contributed by atoms with van der Waals surface area (Å²) in [6, 6.07) is 0.353. The standard InChI is InChI=1S/C13H24N2O/c14-9-11-6-1-2-7-12(11)15-13(16)8-10-4-3-5-10/h10-12H,1-9,14H2,(H,15,16). The number of nitrogens with two attached hydrogens (primary N) is 1. The highest BCUT2D eigenvalue weighted by Crippen LogP contribution is 2.30. The van der Waals surface area contributed by atoms with Crippen LogP contribution in [-0.4, -0.2) is 18.5 Å². The van der Waals surface area contributed by atoms with Crippen molar-refractivity contribution in [3.63, 3.8) is 0 Å². The van der Waals surface area contributed by atoms with Crippen LogP contribution in [0.4, 0.5) is 0 Å². The monoisotopic (exact) mass is 224 g/mol. The summed E-state index contributed by atoms with van der Waals surface area (Å²) in [7, 11) is 0. The largest absolute Gasteiger partial charge is 0.353 e. The molecule has 3 heteroatoms. The molecule has 2 unspecified atom stereocenters. The molecule has 92 valence electrons. The number of rotatable bonds is 4. The zero-order chi connectivity index (χ0) is 11.4. The molecule has 2 aliphatic rings. The highest BCUT2D eigenvalue weighted by molar-refractivity contribution is 5.76. The van der Waals surface area contributed by atoms with Gasteiger partial charge in [0.25, 0.3) is 0 Å². The van der Waals surface area contributed by atoms with Gasteiger partial charge in [0.05, 0.1) is 0 Å².